The second-order valence-electron chi connectivity index (χ2n) is 6.37. The van der Waals surface area contributed by atoms with Gasteiger partial charge < -0.3 is 15.7 Å². The van der Waals surface area contributed by atoms with Gasteiger partial charge in [-0.15, -0.1) is 0 Å². The highest BCUT2D eigenvalue weighted by Gasteiger charge is 2.25. The fraction of sp³-hybridized carbons (Fsp3) is 0.250. The number of carbonyl (C=O) groups is 3. The van der Waals surface area contributed by atoms with Crippen molar-refractivity contribution in [3.8, 4) is 0 Å². The summed E-state index contributed by atoms with van der Waals surface area (Å²) in [6.45, 7) is 2.88. The van der Waals surface area contributed by atoms with Crippen LogP contribution in [0.3, 0.4) is 0 Å². The van der Waals surface area contributed by atoms with Gasteiger partial charge in [-0.3, -0.25) is 14.5 Å². The summed E-state index contributed by atoms with van der Waals surface area (Å²) in [6, 6.07) is 13.3. The van der Waals surface area contributed by atoms with Gasteiger partial charge in [-0.25, -0.2) is 4.79 Å². The minimum absolute atomic E-state index is 0.191. The lowest BCUT2D eigenvalue weighted by molar-refractivity contribution is -0.137. The van der Waals surface area contributed by atoms with Gasteiger partial charge in [-0.1, -0.05) is 36.4 Å². The zero-order valence-corrected chi connectivity index (χ0v) is 14.9. The first-order valence-corrected chi connectivity index (χ1v) is 8.70. The number of rotatable bonds is 6. The third-order valence-corrected chi connectivity index (χ3v) is 4.58. The van der Waals surface area contributed by atoms with E-state index in [0.717, 1.165) is 5.56 Å². The minimum Gasteiger partial charge on any atom is -0.481 e. The smallest absolute Gasteiger partial charge is 0.322 e. The van der Waals surface area contributed by atoms with Crippen molar-refractivity contribution in [3.63, 3.8) is 0 Å². The Morgan fingerprint density at radius 1 is 1.19 bits per heavy atom. The molecule has 7 heteroatoms. The molecule has 0 spiro atoms. The lowest BCUT2D eigenvalue weighted by Gasteiger charge is -2.21. The predicted octanol–water partition coefficient (Wildman–Crippen LogP) is 2.47. The summed E-state index contributed by atoms with van der Waals surface area (Å²) in [4.78, 5) is 37.6. The Morgan fingerprint density at radius 2 is 1.93 bits per heavy atom. The van der Waals surface area contributed by atoms with E-state index in [0.29, 0.717) is 29.9 Å². The van der Waals surface area contributed by atoms with Gasteiger partial charge in [0.05, 0.1) is 12.5 Å². The summed E-state index contributed by atoms with van der Waals surface area (Å²) in [5.41, 5.74) is 2.49. The summed E-state index contributed by atoms with van der Waals surface area (Å²) >= 11 is 0. The number of nitrogens with zero attached hydrogens (tertiary/aromatic N) is 1. The second-order valence-corrected chi connectivity index (χ2v) is 6.37. The molecule has 1 aliphatic rings. The maximum Gasteiger partial charge on any atom is 0.322 e. The largest absolute Gasteiger partial charge is 0.481 e. The van der Waals surface area contributed by atoms with Crippen LogP contribution in [-0.2, 0) is 4.79 Å². The van der Waals surface area contributed by atoms with Crippen LogP contribution in [-0.4, -0.2) is 36.1 Å². The van der Waals surface area contributed by atoms with Gasteiger partial charge in [-0.2, -0.15) is 0 Å². The van der Waals surface area contributed by atoms with Crippen LogP contribution in [0.1, 0.15) is 33.9 Å². The zero-order valence-electron chi connectivity index (χ0n) is 14.9. The van der Waals surface area contributed by atoms with Crippen molar-refractivity contribution in [1.82, 2.24) is 10.6 Å². The van der Waals surface area contributed by atoms with Gasteiger partial charge in [-0.05, 0) is 30.2 Å². The first-order valence-electron chi connectivity index (χ1n) is 8.70. The average molecular weight is 367 g/mol. The number of carboxylic acid groups (broad SMARTS) is 1. The molecule has 3 rings (SSSR count). The lowest BCUT2D eigenvalue weighted by atomic mass is 10.0. The third kappa shape index (κ3) is 4.08. The average Bonchev–Trinajstić information content (AvgIpc) is 3.07. The van der Waals surface area contributed by atoms with Gasteiger partial charge in [0.1, 0.15) is 0 Å². The summed E-state index contributed by atoms with van der Waals surface area (Å²) < 4.78 is 0. The van der Waals surface area contributed by atoms with Crippen LogP contribution >= 0.6 is 0 Å². The molecule has 140 valence electrons. The van der Waals surface area contributed by atoms with Gasteiger partial charge in [0.15, 0.2) is 0 Å². The van der Waals surface area contributed by atoms with E-state index < -0.39 is 12.0 Å². The van der Waals surface area contributed by atoms with Crippen LogP contribution in [0, 0.1) is 6.92 Å². The number of carbonyl (C=O) groups excluding carboxylic acids is 2. The van der Waals surface area contributed by atoms with Crippen molar-refractivity contribution in [3.05, 3.63) is 65.2 Å². The Labute approximate surface area is 157 Å². The van der Waals surface area contributed by atoms with E-state index in [4.69, 9.17) is 0 Å². The highest BCUT2D eigenvalue weighted by molar-refractivity contribution is 6.00. The molecule has 0 saturated carbocycles. The van der Waals surface area contributed by atoms with Gasteiger partial charge in [0, 0.05) is 24.3 Å². The van der Waals surface area contributed by atoms with Crippen molar-refractivity contribution in [2.75, 3.05) is 18.0 Å². The van der Waals surface area contributed by atoms with Crippen molar-refractivity contribution in [2.45, 2.75) is 19.4 Å². The molecule has 7 nitrogen and oxygen atoms in total. The van der Waals surface area contributed by atoms with E-state index >= 15 is 0 Å². The molecule has 0 aromatic heterocycles. The molecule has 2 aromatic rings. The van der Waals surface area contributed by atoms with E-state index in [1.54, 1.807) is 54.3 Å². The summed E-state index contributed by atoms with van der Waals surface area (Å²) in [6.07, 6.45) is -0.219. The highest BCUT2D eigenvalue weighted by Crippen LogP contribution is 2.25. The van der Waals surface area contributed by atoms with E-state index in [-0.39, 0.29) is 18.4 Å². The number of amides is 3. The number of aliphatic carboxylic acids is 1. The fourth-order valence-electron chi connectivity index (χ4n) is 3.21. The van der Waals surface area contributed by atoms with Gasteiger partial charge >= 0.3 is 12.0 Å². The molecule has 27 heavy (non-hydrogen) atoms. The standard InChI is InChI=1S/C20H21N3O4/c1-13-15(8-5-9-17(13)23-11-10-21-20(23)27)19(26)22-16(12-18(24)25)14-6-3-2-4-7-14/h2-9,16H,10-12H2,1H3,(H,21,27)(H,22,26)(H,24,25)/t16-/m0/s1. The molecule has 3 N–H and O–H groups in total. The number of urea groups is 1. The number of hydrogen-bond acceptors (Lipinski definition) is 3. The number of carboxylic acids is 1. The number of hydrogen-bond donors (Lipinski definition) is 3. The number of nitrogens with one attached hydrogen (secondary N) is 2. The van der Waals surface area contributed by atoms with Crippen LogP contribution in [0.5, 0.6) is 0 Å². The highest BCUT2D eigenvalue weighted by atomic mass is 16.4. The van der Waals surface area contributed by atoms with Crippen molar-refractivity contribution in [1.29, 1.82) is 0 Å². The molecule has 1 aliphatic heterocycles. The summed E-state index contributed by atoms with van der Waals surface area (Å²) in [7, 11) is 0. The first-order chi connectivity index (χ1) is 13.0. The van der Waals surface area contributed by atoms with Crippen LogP contribution in [0.25, 0.3) is 0 Å². The molecule has 0 radical (unpaired) electrons. The van der Waals surface area contributed by atoms with Crippen molar-refractivity contribution >= 4 is 23.6 Å². The quantitative estimate of drug-likeness (QED) is 0.730. The Balaban J connectivity index is 1.86. The molecular formula is C20H21N3O4. The minimum atomic E-state index is -0.997. The van der Waals surface area contributed by atoms with Gasteiger partial charge in [0.25, 0.3) is 5.91 Å². The van der Waals surface area contributed by atoms with Crippen LogP contribution in [0.4, 0.5) is 10.5 Å². The molecular weight excluding hydrogens is 346 g/mol. The van der Waals surface area contributed by atoms with Crippen LogP contribution in [0.2, 0.25) is 0 Å². The van der Waals surface area contributed by atoms with E-state index in [1.165, 1.54) is 0 Å². The van der Waals surface area contributed by atoms with Crippen LogP contribution in [0.15, 0.2) is 48.5 Å². The van der Waals surface area contributed by atoms with Crippen molar-refractivity contribution < 1.29 is 19.5 Å². The monoisotopic (exact) mass is 367 g/mol. The molecule has 3 amide bonds. The fourth-order valence-corrected chi connectivity index (χ4v) is 3.21. The Morgan fingerprint density at radius 3 is 2.56 bits per heavy atom. The van der Waals surface area contributed by atoms with E-state index in [9.17, 15) is 19.5 Å². The Bertz CT molecular complexity index is 867. The number of anilines is 1. The second kappa shape index (κ2) is 7.90. The van der Waals surface area contributed by atoms with E-state index in [2.05, 4.69) is 10.6 Å². The summed E-state index contributed by atoms with van der Waals surface area (Å²) in [5, 5.41) is 14.8. The molecule has 2 aromatic carbocycles. The third-order valence-electron chi connectivity index (χ3n) is 4.58. The first kappa shape index (κ1) is 18.4. The zero-order chi connectivity index (χ0) is 19.4. The van der Waals surface area contributed by atoms with Crippen molar-refractivity contribution in [2.24, 2.45) is 0 Å². The number of benzene rings is 2. The normalized spacial score (nSPS) is 14.6. The topological polar surface area (TPSA) is 98.7 Å². The molecule has 0 unspecified atom stereocenters. The van der Waals surface area contributed by atoms with Crippen LogP contribution < -0.4 is 15.5 Å². The maximum absolute atomic E-state index is 12.9. The predicted molar refractivity (Wildman–Crippen MR) is 101 cm³/mol. The maximum atomic E-state index is 12.9. The molecule has 1 saturated heterocycles. The van der Waals surface area contributed by atoms with Gasteiger partial charge in [0.2, 0.25) is 0 Å². The molecule has 0 aliphatic carbocycles. The molecule has 1 atom stereocenters. The Hall–Kier alpha value is -3.35. The molecule has 0 bridgehead atoms. The SMILES string of the molecule is Cc1c(C(=O)N[C@@H](CC(=O)O)c2ccccc2)cccc1N1CCNC1=O. The lowest BCUT2D eigenvalue weighted by Crippen LogP contribution is -2.32. The summed E-state index contributed by atoms with van der Waals surface area (Å²) in [5.74, 6) is -1.37. The molecule has 1 fully saturated rings. The van der Waals surface area contributed by atoms with E-state index in [1.807, 2.05) is 6.07 Å². The Kier molecular flexibility index (Phi) is 5.40. The molecule has 1 heterocycles.